The molecule has 8 heteroatoms. The number of rotatable bonds is 7. The maximum Gasteiger partial charge on any atom is 0.236 e. The minimum atomic E-state index is -2.96. The number of carbonyl (C=O) groups excluding carboxylic acids is 1. The number of nitrogens with zero attached hydrogens (tertiary/aromatic N) is 1. The highest BCUT2D eigenvalue weighted by molar-refractivity contribution is 7.91. The van der Waals surface area contributed by atoms with Gasteiger partial charge in [-0.05, 0) is 25.7 Å². The van der Waals surface area contributed by atoms with Crippen LogP contribution in [0.3, 0.4) is 0 Å². The summed E-state index contributed by atoms with van der Waals surface area (Å²) in [6.45, 7) is 4.39. The molecule has 0 aromatic rings. The highest BCUT2D eigenvalue weighted by atomic mass is 35.5. The van der Waals surface area contributed by atoms with E-state index in [9.17, 15) is 13.2 Å². The Bertz CT molecular complexity index is 452. The molecule has 2 saturated heterocycles. The van der Waals surface area contributed by atoms with Crippen molar-refractivity contribution >= 4 is 28.2 Å². The average molecular weight is 355 g/mol. The van der Waals surface area contributed by atoms with Crippen LogP contribution >= 0.6 is 12.4 Å². The van der Waals surface area contributed by atoms with Crippen LogP contribution in [-0.2, 0) is 19.4 Å². The third-order valence-electron chi connectivity index (χ3n) is 4.11. The van der Waals surface area contributed by atoms with E-state index >= 15 is 0 Å². The molecule has 0 spiro atoms. The van der Waals surface area contributed by atoms with E-state index in [0.717, 1.165) is 25.9 Å². The second-order valence-electron chi connectivity index (χ2n) is 5.91. The van der Waals surface area contributed by atoms with Crippen molar-refractivity contribution in [3.05, 3.63) is 0 Å². The molecular weight excluding hydrogens is 328 g/mol. The normalized spacial score (nSPS) is 26.6. The molecule has 2 aliphatic heterocycles. The topological polar surface area (TPSA) is 75.7 Å². The van der Waals surface area contributed by atoms with Gasteiger partial charge in [0.2, 0.25) is 5.91 Å². The molecule has 1 N–H and O–H groups in total. The van der Waals surface area contributed by atoms with Gasteiger partial charge < -0.3 is 15.0 Å². The summed E-state index contributed by atoms with van der Waals surface area (Å²) >= 11 is 0. The fourth-order valence-electron chi connectivity index (χ4n) is 3.02. The summed E-state index contributed by atoms with van der Waals surface area (Å²) in [6, 6.07) is -0.146. The second-order valence-corrected chi connectivity index (χ2v) is 8.14. The molecule has 2 atom stereocenters. The minimum absolute atomic E-state index is 0. The first-order valence-corrected chi connectivity index (χ1v) is 9.66. The third-order valence-corrected chi connectivity index (χ3v) is 5.86. The maximum absolute atomic E-state index is 12.3. The first-order chi connectivity index (χ1) is 10.0. The van der Waals surface area contributed by atoms with E-state index in [4.69, 9.17) is 4.74 Å². The molecule has 0 aliphatic carbocycles. The molecule has 130 valence electrons. The summed E-state index contributed by atoms with van der Waals surface area (Å²) in [7, 11) is -2.96. The smallest absolute Gasteiger partial charge is 0.236 e. The Morgan fingerprint density at radius 3 is 2.68 bits per heavy atom. The summed E-state index contributed by atoms with van der Waals surface area (Å²) in [4.78, 5) is 14.1. The zero-order valence-corrected chi connectivity index (χ0v) is 14.8. The van der Waals surface area contributed by atoms with Gasteiger partial charge in [0.1, 0.15) is 0 Å². The standard InChI is InChI=1S/C14H26N2O4S.ClH/c1-2-6-16(12-5-8-21(18,19)11-12)14(17)10-15-9-13-4-3-7-20-13;/h12-13,15H,2-11H2,1H3;1H. The lowest BCUT2D eigenvalue weighted by Gasteiger charge is -2.28. The number of sulfone groups is 1. The van der Waals surface area contributed by atoms with Crippen LogP contribution in [0.15, 0.2) is 0 Å². The van der Waals surface area contributed by atoms with Crippen molar-refractivity contribution in [3.8, 4) is 0 Å². The molecule has 0 radical (unpaired) electrons. The van der Waals surface area contributed by atoms with Gasteiger partial charge >= 0.3 is 0 Å². The van der Waals surface area contributed by atoms with Crippen LogP contribution in [0.1, 0.15) is 32.6 Å². The average Bonchev–Trinajstić information content (AvgIpc) is 3.05. The summed E-state index contributed by atoms with van der Waals surface area (Å²) in [5.41, 5.74) is 0. The Morgan fingerprint density at radius 1 is 1.36 bits per heavy atom. The van der Waals surface area contributed by atoms with Crippen LogP contribution in [0.5, 0.6) is 0 Å². The van der Waals surface area contributed by atoms with Crippen molar-refractivity contribution in [2.75, 3.05) is 37.7 Å². The highest BCUT2D eigenvalue weighted by Crippen LogP contribution is 2.18. The predicted molar refractivity (Wildman–Crippen MR) is 88.2 cm³/mol. The molecule has 22 heavy (non-hydrogen) atoms. The van der Waals surface area contributed by atoms with Gasteiger partial charge in [-0.3, -0.25) is 4.79 Å². The van der Waals surface area contributed by atoms with Gasteiger partial charge in [0, 0.05) is 25.7 Å². The third kappa shape index (κ3) is 5.68. The lowest BCUT2D eigenvalue weighted by Crippen LogP contribution is -2.46. The zero-order valence-electron chi connectivity index (χ0n) is 13.1. The molecule has 0 aromatic heterocycles. The fourth-order valence-corrected chi connectivity index (χ4v) is 4.75. The Morgan fingerprint density at radius 2 is 2.14 bits per heavy atom. The van der Waals surface area contributed by atoms with Gasteiger partial charge in [-0.25, -0.2) is 8.42 Å². The van der Waals surface area contributed by atoms with E-state index in [1.807, 2.05) is 6.92 Å². The SMILES string of the molecule is CCCN(C(=O)CNCC1CCCO1)C1CCS(=O)(=O)C1.Cl. The largest absolute Gasteiger partial charge is 0.377 e. The van der Waals surface area contributed by atoms with Crippen molar-refractivity contribution in [2.45, 2.75) is 44.8 Å². The Labute approximate surface area is 139 Å². The molecule has 2 fully saturated rings. The van der Waals surface area contributed by atoms with E-state index in [0.29, 0.717) is 19.5 Å². The van der Waals surface area contributed by atoms with E-state index in [2.05, 4.69) is 5.32 Å². The number of ether oxygens (including phenoxy) is 1. The van der Waals surface area contributed by atoms with E-state index in [1.54, 1.807) is 4.90 Å². The van der Waals surface area contributed by atoms with E-state index in [-0.39, 0.29) is 48.5 Å². The molecule has 6 nitrogen and oxygen atoms in total. The molecule has 2 heterocycles. The van der Waals surface area contributed by atoms with Crippen molar-refractivity contribution in [2.24, 2.45) is 0 Å². The first-order valence-electron chi connectivity index (χ1n) is 7.84. The maximum atomic E-state index is 12.3. The van der Waals surface area contributed by atoms with E-state index < -0.39 is 9.84 Å². The monoisotopic (exact) mass is 354 g/mol. The first kappa shape index (κ1) is 19.7. The zero-order chi connectivity index (χ0) is 15.3. The Hall–Kier alpha value is -0.370. The minimum Gasteiger partial charge on any atom is -0.377 e. The molecule has 0 aromatic carbocycles. The van der Waals surface area contributed by atoms with Crippen LogP contribution in [0.25, 0.3) is 0 Å². The number of amides is 1. The van der Waals surface area contributed by atoms with Gasteiger partial charge in [-0.2, -0.15) is 0 Å². The second kappa shape index (κ2) is 9.05. The van der Waals surface area contributed by atoms with Crippen molar-refractivity contribution in [3.63, 3.8) is 0 Å². The van der Waals surface area contributed by atoms with Gasteiger partial charge in [0.05, 0.1) is 24.2 Å². The van der Waals surface area contributed by atoms with Gasteiger partial charge in [-0.15, -0.1) is 12.4 Å². The summed E-state index contributed by atoms with van der Waals surface area (Å²) < 4.78 is 28.7. The quantitative estimate of drug-likeness (QED) is 0.724. The van der Waals surface area contributed by atoms with Crippen molar-refractivity contribution in [1.82, 2.24) is 10.2 Å². The van der Waals surface area contributed by atoms with Crippen LogP contribution in [0, 0.1) is 0 Å². The van der Waals surface area contributed by atoms with Gasteiger partial charge in [-0.1, -0.05) is 6.92 Å². The fraction of sp³-hybridized carbons (Fsp3) is 0.929. The van der Waals surface area contributed by atoms with E-state index in [1.165, 1.54) is 0 Å². The highest BCUT2D eigenvalue weighted by Gasteiger charge is 2.34. The Balaban J connectivity index is 0.00000242. The summed E-state index contributed by atoms with van der Waals surface area (Å²) in [5, 5.41) is 3.14. The molecule has 0 bridgehead atoms. The number of hydrogen-bond acceptors (Lipinski definition) is 5. The molecule has 2 unspecified atom stereocenters. The van der Waals surface area contributed by atoms with Crippen molar-refractivity contribution in [1.29, 1.82) is 0 Å². The van der Waals surface area contributed by atoms with Crippen LogP contribution in [0.2, 0.25) is 0 Å². The Kier molecular flexibility index (Phi) is 8.10. The van der Waals surface area contributed by atoms with Gasteiger partial charge in [0.25, 0.3) is 0 Å². The van der Waals surface area contributed by atoms with Crippen LogP contribution in [0.4, 0.5) is 0 Å². The lowest BCUT2D eigenvalue weighted by molar-refractivity contribution is -0.132. The van der Waals surface area contributed by atoms with Crippen LogP contribution < -0.4 is 5.32 Å². The summed E-state index contributed by atoms with van der Waals surface area (Å²) in [5.74, 6) is 0.316. The summed E-state index contributed by atoms with van der Waals surface area (Å²) in [6.07, 6.45) is 3.75. The molecule has 2 aliphatic rings. The number of halogens is 1. The number of nitrogens with one attached hydrogen (secondary N) is 1. The molecule has 0 saturated carbocycles. The number of hydrogen-bond donors (Lipinski definition) is 1. The van der Waals surface area contributed by atoms with Crippen molar-refractivity contribution < 1.29 is 17.9 Å². The predicted octanol–water partition coefficient (Wildman–Crippen LogP) is 0.603. The lowest BCUT2D eigenvalue weighted by atomic mass is 10.2. The van der Waals surface area contributed by atoms with Gasteiger partial charge in [0.15, 0.2) is 9.84 Å². The molecule has 1 amide bonds. The molecule has 2 rings (SSSR count). The number of carbonyl (C=O) groups is 1. The molecular formula is C14H27ClN2O4S. The van der Waals surface area contributed by atoms with Crippen LogP contribution in [-0.4, -0.2) is 69.1 Å².